The maximum absolute atomic E-state index is 4.83. The number of nitrogens with one attached hydrogen (secondary N) is 2. The molecule has 0 aliphatic carbocycles. The molecule has 0 saturated heterocycles. The number of rotatable bonds is 5. The lowest BCUT2D eigenvalue weighted by Gasteiger charge is -2.33. The normalized spacial score (nSPS) is 11.6. The Labute approximate surface area is 159 Å². The summed E-state index contributed by atoms with van der Waals surface area (Å²) in [7, 11) is 0. The van der Waals surface area contributed by atoms with Crippen molar-refractivity contribution < 1.29 is 0 Å². The van der Waals surface area contributed by atoms with Crippen molar-refractivity contribution in [3.05, 3.63) is 54.9 Å². The average Bonchev–Trinajstić information content (AvgIpc) is 3.30. The first-order valence-electron chi connectivity index (χ1n) is 9.42. The van der Waals surface area contributed by atoms with Crippen molar-refractivity contribution in [3.63, 3.8) is 0 Å². The van der Waals surface area contributed by atoms with E-state index in [9.17, 15) is 0 Å². The second kappa shape index (κ2) is 6.91. The number of imidazole rings is 2. The highest BCUT2D eigenvalue weighted by Crippen LogP contribution is 2.31. The fourth-order valence-corrected chi connectivity index (χ4v) is 3.79. The van der Waals surface area contributed by atoms with Crippen molar-refractivity contribution in [2.75, 3.05) is 4.90 Å². The van der Waals surface area contributed by atoms with E-state index in [0.29, 0.717) is 12.1 Å². The summed E-state index contributed by atoms with van der Waals surface area (Å²) in [6.45, 7) is 8.90. The third-order valence-corrected chi connectivity index (χ3v) is 4.81. The number of fused-ring (bicyclic) bond motifs is 1. The summed E-state index contributed by atoms with van der Waals surface area (Å²) in [5, 5.41) is 0. The molecule has 0 aliphatic rings. The molecule has 0 saturated carbocycles. The van der Waals surface area contributed by atoms with Crippen LogP contribution in [0.25, 0.3) is 33.8 Å². The van der Waals surface area contributed by atoms with Gasteiger partial charge in [0, 0.05) is 41.3 Å². The van der Waals surface area contributed by atoms with Gasteiger partial charge < -0.3 is 14.9 Å². The Kier molecular flexibility index (Phi) is 4.44. The van der Waals surface area contributed by atoms with Crippen molar-refractivity contribution in [3.8, 4) is 22.8 Å². The van der Waals surface area contributed by atoms with Crippen LogP contribution in [0.3, 0.4) is 0 Å². The maximum Gasteiger partial charge on any atom is 0.139 e. The van der Waals surface area contributed by atoms with Gasteiger partial charge in [-0.2, -0.15) is 0 Å². The second-order valence-corrected chi connectivity index (χ2v) is 7.36. The Bertz CT molecular complexity index is 1040. The number of nitrogens with zero attached hydrogens (tertiary/aromatic N) is 3. The van der Waals surface area contributed by atoms with Crippen LogP contribution in [0, 0.1) is 0 Å². The predicted octanol–water partition coefficient (Wildman–Crippen LogP) is 5.24. The third-order valence-electron chi connectivity index (χ3n) is 4.81. The Hall–Kier alpha value is -3.08. The second-order valence-electron chi connectivity index (χ2n) is 7.36. The lowest BCUT2D eigenvalue weighted by atomic mass is 10.1. The molecule has 4 rings (SSSR count). The van der Waals surface area contributed by atoms with E-state index in [-0.39, 0.29) is 0 Å². The number of aromatic nitrogens is 4. The van der Waals surface area contributed by atoms with Crippen LogP contribution >= 0.6 is 0 Å². The van der Waals surface area contributed by atoms with Crippen LogP contribution in [0.1, 0.15) is 27.7 Å². The SMILES string of the molecule is CC(C)N(c1ccc2nc(-c3ccccc3-c3ncc[nH]3)[nH]c2c1)C(C)C. The quantitative estimate of drug-likeness (QED) is 0.512. The zero-order valence-electron chi connectivity index (χ0n) is 16.2. The number of benzene rings is 2. The summed E-state index contributed by atoms with van der Waals surface area (Å²) in [5.74, 6) is 1.70. The molecule has 0 atom stereocenters. The van der Waals surface area contributed by atoms with Gasteiger partial charge >= 0.3 is 0 Å². The summed E-state index contributed by atoms with van der Waals surface area (Å²) in [4.78, 5) is 18.3. The highest BCUT2D eigenvalue weighted by Gasteiger charge is 2.16. The summed E-state index contributed by atoms with van der Waals surface area (Å²) in [6, 6.07) is 15.5. The molecule has 0 bridgehead atoms. The monoisotopic (exact) mass is 359 g/mol. The summed E-state index contributed by atoms with van der Waals surface area (Å²) >= 11 is 0. The number of H-pyrrole nitrogens is 2. The maximum atomic E-state index is 4.83. The zero-order chi connectivity index (χ0) is 19.0. The van der Waals surface area contributed by atoms with Gasteiger partial charge in [-0.1, -0.05) is 24.3 Å². The zero-order valence-corrected chi connectivity index (χ0v) is 16.2. The van der Waals surface area contributed by atoms with Gasteiger partial charge in [-0.3, -0.25) is 0 Å². The smallest absolute Gasteiger partial charge is 0.139 e. The molecule has 2 aromatic carbocycles. The van der Waals surface area contributed by atoms with Crippen LogP contribution in [-0.2, 0) is 0 Å². The molecule has 2 N–H and O–H groups in total. The van der Waals surface area contributed by atoms with Gasteiger partial charge in [-0.25, -0.2) is 9.97 Å². The van der Waals surface area contributed by atoms with E-state index in [2.05, 4.69) is 77.9 Å². The molecular weight excluding hydrogens is 334 g/mol. The third kappa shape index (κ3) is 3.21. The molecule has 2 heterocycles. The van der Waals surface area contributed by atoms with Gasteiger partial charge in [0.2, 0.25) is 0 Å². The van der Waals surface area contributed by atoms with Crippen molar-refractivity contribution in [1.82, 2.24) is 19.9 Å². The van der Waals surface area contributed by atoms with Crippen LogP contribution in [0.4, 0.5) is 5.69 Å². The fraction of sp³-hybridized carbons (Fsp3) is 0.273. The number of hydrogen-bond acceptors (Lipinski definition) is 3. The minimum atomic E-state index is 0.435. The molecular formula is C22H25N5. The summed E-state index contributed by atoms with van der Waals surface area (Å²) in [6.07, 6.45) is 3.60. The minimum absolute atomic E-state index is 0.435. The Balaban J connectivity index is 1.80. The lowest BCUT2D eigenvalue weighted by molar-refractivity contribution is 0.608. The highest BCUT2D eigenvalue weighted by atomic mass is 15.2. The largest absolute Gasteiger partial charge is 0.367 e. The predicted molar refractivity (Wildman–Crippen MR) is 112 cm³/mol. The molecule has 138 valence electrons. The van der Waals surface area contributed by atoms with Crippen LogP contribution in [0.15, 0.2) is 54.9 Å². The average molecular weight is 359 g/mol. The molecule has 5 nitrogen and oxygen atoms in total. The van der Waals surface area contributed by atoms with Gasteiger partial charge in [0.1, 0.15) is 11.6 Å². The molecule has 4 aromatic rings. The van der Waals surface area contributed by atoms with E-state index < -0.39 is 0 Å². The molecule has 0 amide bonds. The number of aromatic amines is 2. The first-order valence-corrected chi connectivity index (χ1v) is 9.42. The van der Waals surface area contributed by atoms with E-state index in [1.54, 1.807) is 6.20 Å². The van der Waals surface area contributed by atoms with Crippen molar-refractivity contribution in [2.24, 2.45) is 0 Å². The minimum Gasteiger partial charge on any atom is -0.367 e. The number of hydrogen-bond donors (Lipinski definition) is 2. The molecule has 0 unspecified atom stereocenters. The molecule has 0 aliphatic heterocycles. The van der Waals surface area contributed by atoms with Crippen molar-refractivity contribution in [1.29, 1.82) is 0 Å². The van der Waals surface area contributed by atoms with Gasteiger partial charge in [0.15, 0.2) is 0 Å². The van der Waals surface area contributed by atoms with Crippen molar-refractivity contribution in [2.45, 2.75) is 39.8 Å². The Morgan fingerprint density at radius 2 is 1.59 bits per heavy atom. The van der Waals surface area contributed by atoms with Crippen LogP contribution in [0.2, 0.25) is 0 Å². The van der Waals surface area contributed by atoms with Gasteiger partial charge in [-0.05, 0) is 45.9 Å². The van der Waals surface area contributed by atoms with E-state index in [0.717, 1.165) is 33.8 Å². The fourth-order valence-electron chi connectivity index (χ4n) is 3.79. The van der Waals surface area contributed by atoms with Crippen LogP contribution in [0.5, 0.6) is 0 Å². The van der Waals surface area contributed by atoms with E-state index in [1.165, 1.54) is 5.69 Å². The molecule has 0 fully saturated rings. The summed E-state index contributed by atoms with van der Waals surface area (Å²) in [5.41, 5.74) is 5.29. The van der Waals surface area contributed by atoms with Gasteiger partial charge in [0.25, 0.3) is 0 Å². The van der Waals surface area contributed by atoms with Crippen LogP contribution < -0.4 is 4.90 Å². The number of anilines is 1. The molecule has 0 radical (unpaired) electrons. The first-order chi connectivity index (χ1) is 13.0. The topological polar surface area (TPSA) is 60.6 Å². The highest BCUT2D eigenvalue weighted by molar-refractivity contribution is 5.86. The first kappa shape index (κ1) is 17.3. The van der Waals surface area contributed by atoms with Crippen LogP contribution in [-0.4, -0.2) is 32.0 Å². The Morgan fingerprint density at radius 3 is 2.22 bits per heavy atom. The van der Waals surface area contributed by atoms with E-state index in [4.69, 9.17) is 4.98 Å². The van der Waals surface area contributed by atoms with E-state index >= 15 is 0 Å². The molecule has 2 aromatic heterocycles. The molecule has 5 heteroatoms. The lowest BCUT2D eigenvalue weighted by Crippen LogP contribution is -2.36. The van der Waals surface area contributed by atoms with Crippen molar-refractivity contribution >= 4 is 16.7 Å². The van der Waals surface area contributed by atoms with Gasteiger partial charge in [0.05, 0.1) is 11.0 Å². The molecule has 27 heavy (non-hydrogen) atoms. The molecule has 0 spiro atoms. The standard InChI is InChI=1S/C22H25N5/c1-14(2)27(15(3)4)16-9-10-19-20(13-16)26-22(25-19)18-8-6-5-7-17(18)21-23-11-12-24-21/h5-15H,1-4H3,(H,23,24)(H,25,26). The Morgan fingerprint density at radius 1 is 0.889 bits per heavy atom. The summed E-state index contributed by atoms with van der Waals surface area (Å²) < 4.78 is 0. The van der Waals surface area contributed by atoms with E-state index in [1.807, 2.05) is 18.3 Å². The van der Waals surface area contributed by atoms with Gasteiger partial charge in [-0.15, -0.1) is 0 Å².